The minimum absolute atomic E-state index is 1.29. The van der Waals surface area contributed by atoms with Crippen molar-refractivity contribution in [1.82, 2.24) is 0 Å². The fourth-order valence-corrected chi connectivity index (χ4v) is 8.81. The molecule has 0 aliphatic heterocycles. The van der Waals surface area contributed by atoms with E-state index >= 15 is 0 Å². The Balaban J connectivity index is 1.72. The van der Waals surface area contributed by atoms with Gasteiger partial charge in [0.2, 0.25) is 0 Å². The molecule has 0 unspecified atom stereocenters. The molecule has 0 nitrogen and oxygen atoms in total. The molecule has 1 heteroatoms. The first-order chi connectivity index (χ1) is 10.2. The third-order valence-corrected chi connectivity index (χ3v) is 10.4. The van der Waals surface area contributed by atoms with E-state index < -0.39 is 8.07 Å². The van der Waals surface area contributed by atoms with Gasteiger partial charge < -0.3 is 0 Å². The number of rotatable bonds is 2. The third-order valence-electron chi connectivity index (χ3n) is 6.36. The van der Waals surface area contributed by atoms with Crippen molar-refractivity contribution in [2.24, 2.45) is 0 Å². The van der Waals surface area contributed by atoms with Crippen molar-refractivity contribution in [2.45, 2.75) is 77.3 Å². The van der Waals surface area contributed by atoms with Crippen LogP contribution in [0, 0.1) is 0 Å². The number of hydrogen-bond donors (Lipinski definition) is 0. The van der Waals surface area contributed by atoms with E-state index in [-0.39, 0.29) is 0 Å². The lowest BCUT2D eigenvalue weighted by Crippen LogP contribution is -2.33. The molecule has 4 rings (SSSR count). The molecule has 0 aromatic carbocycles. The lowest BCUT2D eigenvalue weighted by molar-refractivity contribution is 0.680. The lowest BCUT2D eigenvalue weighted by Gasteiger charge is -2.32. The fourth-order valence-electron chi connectivity index (χ4n) is 5.14. The summed E-state index contributed by atoms with van der Waals surface area (Å²) in [5, 5.41) is 3.81. The van der Waals surface area contributed by atoms with Gasteiger partial charge in [0.05, 0.1) is 0 Å². The second-order valence-electron chi connectivity index (χ2n) is 7.82. The monoisotopic (exact) mass is 296 g/mol. The van der Waals surface area contributed by atoms with Crippen LogP contribution in [0.3, 0.4) is 0 Å². The quantitative estimate of drug-likeness (QED) is 0.534. The Bertz CT molecular complexity index is 543. The van der Waals surface area contributed by atoms with Gasteiger partial charge >= 0.3 is 0 Å². The molecule has 21 heavy (non-hydrogen) atoms. The van der Waals surface area contributed by atoms with E-state index in [4.69, 9.17) is 0 Å². The smallest absolute Gasteiger partial charge is 0.0773 e. The Morgan fingerprint density at radius 3 is 1.57 bits per heavy atom. The highest BCUT2D eigenvalue weighted by molar-refractivity contribution is 6.91. The van der Waals surface area contributed by atoms with Gasteiger partial charge in [-0.05, 0) is 86.5 Å². The number of allylic oxidation sites excluding steroid dienone is 8. The van der Waals surface area contributed by atoms with E-state index in [0.29, 0.717) is 0 Å². The summed E-state index contributed by atoms with van der Waals surface area (Å²) in [5.41, 5.74) is 7.10. The molecule has 0 heterocycles. The Kier molecular flexibility index (Phi) is 3.37. The van der Waals surface area contributed by atoms with Crippen LogP contribution in [-0.4, -0.2) is 8.07 Å². The van der Waals surface area contributed by atoms with Crippen molar-refractivity contribution >= 4 is 8.07 Å². The third kappa shape index (κ3) is 2.16. The van der Waals surface area contributed by atoms with Gasteiger partial charge in [-0.3, -0.25) is 0 Å². The van der Waals surface area contributed by atoms with Crippen molar-refractivity contribution < 1.29 is 0 Å². The molecule has 112 valence electrons. The largest absolute Gasteiger partial charge is 0.104 e. The van der Waals surface area contributed by atoms with Gasteiger partial charge in [0.15, 0.2) is 0 Å². The average Bonchev–Trinajstić information content (AvgIpc) is 3.12. The molecule has 2 fully saturated rings. The predicted octanol–water partition coefficient (Wildman–Crippen LogP) is 6.17. The summed E-state index contributed by atoms with van der Waals surface area (Å²) in [6.07, 6.45) is 18.9. The topological polar surface area (TPSA) is 0 Å². The van der Waals surface area contributed by atoms with Crippen molar-refractivity contribution in [3.63, 3.8) is 0 Å². The number of fused-ring (bicyclic) bond motifs is 2. The van der Waals surface area contributed by atoms with Crippen LogP contribution in [0.5, 0.6) is 0 Å². The lowest BCUT2D eigenvalue weighted by atomic mass is 9.92. The van der Waals surface area contributed by atoms with E-state index in [1.165, 1.54) is 64.2 Å². The molecule has 0 amide bonds. The summed E-state index contributed by atoms with van der Waals surface area (Å²) < 4.78 is 0. The molecule has 4 aliphatic rings. The Labute approximate surface area is 130 Å². The molecule has 0 saturated heterocycles. The van der Waals surface area contributed by atoms with Gasteiger partial charge in [0.25, 0.3) is 0 Å². The maximum absolute atomic E-state index is 2.65. The Hall–Kier alpha value is -0.823. The summed E-state index contributed by atoms with van der Waals surface area (Å²) in [5.74, 6) is 0. The van der Waals surface area contributed by atoms with Gasteiger partial charge in [-0.1, -0.05) is 35.6 Å². The van der Waals surface area contributed by atoms with Crippen molar-refractivity contribution in [2.75, 3.05) is 0 Å². The zero-order valence-corrected chi connectivity index (χ0v) is 14.7. The maximum atomic E-state index is 2.65. The van der Waals surface area contributed by atoms with Crippen molar-refractivity contribution in [1.29, 1.82) is 0 Å². The fraction of sp³-hybridized carbons (Fsp3) is 0.600. The normalized spacial score (nSPS) is 25.8. The highest BCUT2D eigenvalue weighted by Gasteiger charge is 2.38. The van der Waals surface area contributed by atoms with Gasteiger partial charge in [-0.2, -0.15) is 0 Å². The van der Waals surface area contributed by atoms with Crippen LogP contribution in [0.25, 0.3) is 0 Å². The zero-order chi connectivity index (χ0) is 14.4. The minimum Gasteiger partial charge on any atom is -0.0773 e. The van der Waals surface area contributed by atoms with E-state index in [0.717, 1.165) is 0 Å². The zero-order valence-electron chi connectivity index (χ0n) is 13.7. The molecule has 0 atom stereocenters. The van der Waals surface area contributed by atoms with Gasteiger partial charge in [0.1, 0.15) is 8.07 Å². The van der Waals surface area contributed by atoms with E-state index in [1.807, 2.05) is 21.5 Å². The molecule has 0 radical (unpaired) electrons. The summed E-state index contributed by atoms with van der Waals surface area (Å²) >= 11 is 0. The molecule has 2 saturated carbocycles. The van der Waals surface area contributed by atoms with Gasteiger partial charge in [0, 0.05) is 0 Å². The SMILES string of the molecule is C[Si](C)(C1=C2CCCCC2=CC1)C1=C2CCCCC2=CC1. The van der Waals surface area contributed by atoms with Crippen molar-refractivity contribution in [3.8, 4) is 0 Å². The first-order valence-corrected chi connectivity index (χ1v) is 12.0. The first-order valence-electron chi connectivity index (χ1n) is 9.02. The van der Waals surface area contributed by atoms with Gasteiger partial charge in [-0.25, -0.2) is 0 Å². The Morgan fingerprint density at radius 2 is 1.10 bits per heavy atom. The molecule has 4 aliphatic carbocycles. The van der Waals surface area contributed by atoms with E-state index in [1.54, 1.807) is 11.1 Å². The molecular formula is C20H28Si. The standard InChI is InChI=1S/C20H28Si/c1-21(2,19-13-11-15-7-3-5-9-17(15)19)20-14-12-16-8-4-6-10-18(16)20/h11-12H,3-10,13-14H2,1-2H3. The van der Waals surface area contributed by atoms with Gasteiger partial charge in [-0.15, -0.1) is 0 Å². The van der Waals surface area contributed by atoms with Crippen LogP contribution >= 0.6 is 0 Å². The maximum Gasteiger partial charge on any atom is 0.104 e. The van der Waals surface area contributed by atoms with E-state index in [2.05, 4.69) is 25.2 Å². The second kappa shape index (κ2) is 5.12. The number of hydrogen-bond acceptors (Lipinski definition) is 0. The second-order valence-corrected chi connectivity index (χ2v) is 12.3. The van der Waals surface area contributed by atoms with Crippen LogP contribution in [0.4, 0.5) is 0 Å². The molecule has 0 aromatic rings. The Morgan fingerprint density at radius 1 is 0.667 bits per heavy atom. The minimum atomic E-state index is -1.40. The summed E-state index contributed by atoms with van der Waals surface area (Å²) in [6, 6.07) is 0. The summed E-state index contributed by atoms with van der Waals surface area (Å²) in [7, 11) is -1.40. The predicted molar refractivity (Wildman–Crippen MR) is 93.9 cm³/mol. The van der Waals surface area contributed by atoms with E-state index in [9.17, 15) is 0 Å². The van der Waals surface area contributed by atoms with Crippen LogP contribution in [0.1, 0.15) is 64.2 Å². The highest BCUT2D eigenvalue weighted by atomic mass is 28.3. The molecule has 0 N–H and O–H groups in total. The van der Waals surface area contributed by atoms with Crippen molar-refractivity contribution in [3.05, 3.63) is 44.8 Å². The molecule has 0 bridgehead atoms. The summed E-state index contributed by atoms with van der Waals surface area (Å²) in [4.78, 5) is 0. The first kappa shape index (κ1) is 13.8. The van der Waals surface area contributed by atoms with Crippen LogP contribution in [0.15, 0.2) is 44.8 Å². The van der Waals surface area contributed by atoms with Crippen LogP contribution in [0.2, 0.25) is 13.1 Å². The van der Waals surface area contributed by atoms with Crippen LogP contribution in [-0.2, 0) is 0 Å². The molecular weight excluding hydrogens is 268 g/mol. The average molecular weight is 297 g/mol. The highest BCUT2D eigenvalue weighted by Crippen LogP contribution is 2.47. The molecule has 0 spiro atoms. The molecule has 0 aromatic heterocycles. The summed E-state index contributed by atoms with van der Waals surface area (Å²) in [6.45, 7) is 5.29. The van der Waals surface area contributed by atoms with Crippen LogP contribution < -0.4 is 0 Å².